The smallest absolute Gasteiger partial charge is 0.545 e. The van der Waals surface area contributed by atoms with Gasteiger partial charge in [0.15, 0.2) is 17.3 Å². The van der Waals surface area contributed by atoms with Crippen molar-refractivity contribution >= 4 is 40.1 Å². The molecule has 4 aromatic rings. The average Bonchev–Trinajstić information content (AvgIpc) is 3.47. The van der Waals surface area contributed by atoms with E-state index in [1.807, 2.05) is 31.2 Å². The molecule has 0 saturated heterocycles. The van der Waals surface area contributed by atoms with Crippen LogP contribution in [-0.4, -0.2) is 27.3 Å². The van der Waals surface area contributed by atoms with Gasteiger partial charge in [0.25, 0.3) is 0 Å². The molecule has 164 valence electrons. The Morgan fingerprint density at radius 3 is 2.38 bits per heavy atom. The molecule has 0 radical (unpaired) electrons. The number of hydrogen-bond donors (Lipinski definition) is 0. The minimum absolute atomic E-state index is 0. The predicted molar refractivity (Wildman–Crippen MR) is 121 cm³/mol. The van der Waals surface area contributed by atoms with Crippen molar-refractivity contribution in [3.05, 3.63) is 88.5 Å². The molecule has 2 heterocycles. The van der Waals surface area contributed by atoms with Crippen LogP contribution in [-0.2, 0) is 11.2 Å². The molecular formula is C25H17N2NaO5S. The number of carboxylic acids is 1. The van der Waals surface area contributed by atoms with Gasteiger partial charge in [-0.2, -0.15) is 8.75 Å². The normalized spacial score (nSPS) is 12.7. The molecule has 9 heteroatoms. The summed E-state index contributed by atoms with van der Waals surface area (Å²) in [6, 6.07) is 17.3. The van der Waals surface area contributed by atoms with Gasteiger partial charge in [0.2, 0.25) is 6.79 Å². The number of carbonyl (C=O) groups excluding carboxylic acids is 2. The van der Waals surface area contributed by atoms with E-state index in [2.05, 4.69) is 8.75 Å². The number of allylic oxidation sites excluding steroid dienone is 1. The first-order chi connectivity index (χ1) is 16.0. The summed E-state index contributed by atoms with van der Waals surface area (Å²) >= 11 is 1.04. The Hall–Kier alpha value is -3.04. The summed E-state index contributed by atoms with van der Waals surface area (Å²) in [6.07, 6.45) is 0.115. The maximum atomic E-state index is 13.7. The monoisotopic (exact) mass is 480 g/mol. The minimum atomic E-state index is -1.44. The van der Waals surface area contributed by atoms with Crippen LogP contribution in [0, 0.1) is 6.92 Å². The quantitative estimate of drug-likeness (QED) is 0.223. The molecule has 7 nitrogen and oxygen atoms in total. The topological polar surface area (TPSA) is 101 Å². The van der Waals surface area contributed by atoms with E-state index in [4.69, 9.17) is 9.47 Å². The van der Waals surface area contributed by atoms with E-state index in [1.165, 1.54) is 0 Å². The van der Waals surface area contributed by atoms with Gasteiger partial charge in [0, 0.05) is 23.1 Å². The van der Waals surface area contributed by atoms with Crippen molar-refractivity contribution in [3.63, 3.8) is 0 Å². The molecule has 0 amide bonds. The number of aromatic nitrogens is 2. The molecule has 3 aromatic carbocycles. The van der Waals surface area contributed by atoms with E-state index in [-0.39, 0.29) is 53.9 Å². The Kier molecular flexibility index (Phi) is 7.13. The largest absolute Gasteiger partial charge is 1.00 e. The zero-order valence-corrected chi connectivity index (χ0v) is 21.3. The predicted octanol–water partition coefficient (Wildman–Crippen LogP) is 0.362. The van der Waals surface area contributed by atoms with E-state index < -0.39 is 11.8 Å². The number of ketones is 1. The van der Waals surface area contributed by atoms with Gasteiger partial charge in [-0.05, 0) is 48.4 Å². The van der Waals surface area contributed by atoms with Gasteiger partial charge < -0.3 is 19.4 Å². The van der Waals surface area contributed by atoms with Crippen LogP contribution in [0.3, 0.4) is 0 Å². The number of rotatable bonds is 6. The second-order valence-corrected chi connectivity index (χ2v) is 8.20. The fourth-order valence-electron chi connectivity index (χ4n) is 3.76. The average molecular weight is 480 g/mol. The van der Waals surface area contributed by atoms with Gasteiger partial charge in [-0.1, -0.05) is 35.9 Å². The summed E-state index contributed by atoms with van der Waals surface area (Å²) in [5.41, 5.74) is 3.66. The summed E-state index contributed by atoms with van der Waals surface area (Å²) in [6.45, 7) is 2.03. The molecular weight excluding hydrogens is 463 g/mol. The summed E-state index contributed by atoms with van der Waals surface area (Å²) in [7, 11) is 0. The van der Waals surface area contributed by atoms with Crippen molar-refractivity contribution in [2.24, 2.45) is 0 Å². The van der Waals surface area contributed by atoms with Gasteiger partial charge in [-0.3, -0.25) is 4.79 Å². The Balaban J connectivity index is 0.00000274. The first-order valence-corrected chi connectivity index (χ1v) is 10.9. The molecule has 0 fully saturated rings. The molecule has 5 rings (SSSR count). The number of hydrogen-bond acceptors (Lipinski definition) is 8. The van der Waals surface area contributed by atoms with Crippen LogP contribution in [0.1, 0.15) is 27.0 Å². The molecule has 0 saturated carbocycles. The molecule has 0 bridgehead atoms. The third-order valence-electron chi connectivity index (χ3n) is 5.46. The van der Waals surface area contributed by atoms with Gasteiger partial charge in [-0.25, -0.2) is 0 Å². The van der Waals surface area contributed by atoms with Gasteiger partial charge in [0.1, 0.15) is 11.0 Å². The third kappa shape index (κ3) is 4.76. The summed E-state index contributed by atoms with van der Waals surface area (Å²) in [5, 5.41) is 12.4. The molecule has 0 spiro atoms. The number of ether oxygens (including phenoxy) is 2. The van der Waals surface area contributed by atoms with Crippen molar-refractivity contribution in [3.8, 4) is 11.5 Å². The first kappa shape index (κ1) is 24.1. The van der Waals surface area contributed by atoms with Crippen LogP contribution in [0.25, 0.3) is 16.6 Å². The summed E-state index contributed by atoms with van der Waals surface area (Å²) < 4.78 is 19.1. The van der Waals surface area contributed by atoms with E-state index in [9.17, 15) is 14.7 Å². The zero-order chi connectivity index (χ0) is 22.9. The molecule has 1 aromatic heterocycles. The minimum Gasteiger partial charge on any atom is -0.545 e. The fraction of sp³-hybridized carbons (Fsp3) is 0.120. The summed E-state index contributed by atoms with van der Waals surface area (Å²) in [4.78, 5) is 26.1. The van der Waals surface area contributed by atoms with E-state index in [0.29, 0.717) is 33.7 Å². The fourth-order valence-corrected chi connectivity index (χ4v) is 4.27. The SMILES string of the molecule is Cc1ccc(CC(C(=O)c2ccc3c(c2)OCO3)=C(C(=O)[O-])c2ccc3nsnc3c2)cc1.[Na+]. The number of Topliss-reactive ketones (excluding diaryl/α,β-unsaturated/α-hetero) is 1. The summed E-state index contributed by atoms with van der Waals surface area (Å²) in [5.74, 6) is -0.879. The van der Waals surface area contributed by atoms with Crippen LogP contribution in [0.2, 0.25) is 0 Å². The Bertz CT molecular complexity index is 1430. The standard InChI is InChI=1S/C25H18N2O5S.Na/c1-14-2-4-15(5-3-14)10-18(24(28)17-7-9-21-22(12-17)32-13-31-21)23(25(29)30)16-6-8-19-20(11-16)27-33-26-19;/h2-9,11-12H,10,13H2,1H3,(H,29,30);/q;+1/p-1. The van der Waals surface area contributed by atoms with Crippen molar-refractivity contribution < 1.29 is 53.7 Å². The second kappa shape index (κ2) is 10.1. The van der Waals surface area contributed by atoms with Gasteiger partial charge in [-0.15, -0.1) is 0 Å². The van der Waals surface area contributed by atoms with E-state index in [1.54, 1.807) is 36.4 Å². The van der Waals surface area contributed by atoms with Crippen LogP contribution in [0.5, 0.6) is 11.5 Å². The van der Waals surface area contributed by atoms with E-state index in [0.717, 1.165) is 22.9 Å². The molecule has 0 aliphatic carbocycles. The molecule has 34 heavy (non-hydrogen) atoms. The number of benzene rings is 3. The van der Waals surface area contributed by atoms with Gasteiger partial charge >= 0.3 is 29.6 Å². The van der Waals surface area contributed by atoms with Crippen LogP contribution >= 0.6 is 11.7 Å². The van der Waals surface area contributed by atoms with Crippen molar-refractivity contribution in [1.82, 2.24) is 8.75 Å². The Morgan fingerprint density at radius 2 is 1.62 bits per heavy atom. The van der Waals surface area contributed by atoms with Crippen LogP contribution in [0.15, 0.2) is 66.2 Å². The number of nitrogens with zero attached hydrogens (tertiary/aromatic N) is 2. The Labute approximate surface area is 221 Å². The molecule has 0 atom stereocenters. The third-order valence-corrected chi connectivity index (χ3v) is 6.02. The first-order valence-electron chi connectivity index (χ1n) is 10.2. The molecule has 0 unspecified atom stereocenters. The van der Waals surface area contributed by atoms with Crippen LogP contribution in [0.4, 0.5) is 0 Å². The number of fused-ring (bicyclic) bond motifs is 2. The number of aliphatic carboxylic acids is 1. The molecule has 1 aliphatic heterocycles. The van der Waals surface area contributed by atoms with Gasteiger partial charge in [0.05, 0.1) is 17.7 Å². The van der Waals surface area contributed by atoms with Crippen molar-refractivity contribution in [2.45, 2.75) is 13.3 Å². The van der Waals surface area contributed by atoms with Crippen LogP contribution < -0.4 is 44.1 Å². The zero-order valence-electron chi connectivity index (χ0n) is 18.5. The number of carboxylic acid groups (broad SMARTS) is 1. The Morgan fingerprint density at radius 1 is 0.912 bits per heavy atom. The number of carbonyl (C=O) groups is 2. The molecule has 0 N–H and O–H groups in total. The number of aryl methyl sites for hydroxylation is 1. The second-order valence-electron chi connectivity index (χ2n) is 7.67. The maximum Gasteiger partial charge on any atom is 1.00 e. The van der Waals surface area contributed by atoms with Crippen molar-refractivity contribution in [2.75, 3.05) is 6.79 Å². The van der Waals surface area contributed by atoms with E-state index >= 15 is 0 Å². The van der Waals surface area contributed by atoms with Crippen molar-refractivity contribution in [1.29, 1.82) is 0 Å². The maximum absolute atomic E-state index is 13.7. The molecule has 1 aliphatic rings.